The van der Waals surface area contributed by atoms with Crippen LogP contribution in [0.15, 0.2) is 91.0 Å². The van der Waals surface area contributed by atoms with Gasteiger partial charge in [-0.2, -0.15) is 0 Å². The van der Waals surface area contributed by atoms with E-state index in [0.717, 1.165) is 22.4 Å². The number of hydrogen-bond donors (Lipinski definition) is 0. The fraction of sp³-hybridized carbons (Fsp3) is 0. The highest BCUT2D eigenvalue weighted by Crippen LogP contribution is 2.38. The van der Waals surface area contributed by atoms with E-state index in [4.69, 9.17) is 0 Å². The minimum Gasteiger partial charge on any atom is -0.311 e. The maximum absolute atomic E-state index is 4.50. The van der Waals surface area contributed by atoms with Crippen LogP contribution in [0.3, 0.4) is 0 Å². The first-order valence-corrected chi connectivity index (χ1v) is 9.83. The first kappa shape index (κ1) is 15.1. The van der Waals surface area contributed by atoms with Crippen molar-refractivity contribution in [1.29, 1.82) is 0 Å². The van der Waals surface area contributed by atoms with Crippen molar-refractivity contribution >= 4 is 51.2 Å². The van der Waals surface area contributed by atoms with Gasteiger partial charge < -0.3 is 4.90 Å². The van der Waals surface area contributed by atoms with Crippen LogP contribution in [0, 0.1) is 0 Å². The van der Waals surface area contributed by atoms with E-state index in [0.29, 0.717) is 0 Å². The Balaban J connectivity index is 1.65. The van der Waals surface area contributed by atoms with Gasteiger partial charge in [-0.15, -0.1) is 5.10 Å². The summed E-state index contributed by atoms with van der Waals surface area (Å²) in [6.07, 6.45) is 0. The van der Waals surface area contributed by atoms with Crippen molar-refractivity contribution in [2.45, 2.75) is 0 Å². The van der Waals surface area contributed by atoms with Crippen molar-refractivity contribution in [1.82, 2.24) is 15.0 Å². The van der Waals surface area contributed by atoms with E-state index < -0.39 is 0 Å². The van der Waals surface area contributed by atoms with Crippen LogP contribution in [0.25, 0.3) is 16.7 Å². The number of aromatic nitrogens is 3. The van der Waals surface area contributed by atoms with Gasteiger partial charge in [-0.1, -0.05) is 59.8 Å². The van der Waals surface area contributed by atoms with Gasteiger partial charge in [-0.3, -0.25) is 0 Å². The second-order valence-electron chi connectivity index (χ2n) is 7.59. The third-order valence-electron chi connectivity index (χ3n) is 6.13. The van der Waals surface area contributed by atoms with Crippen LogP contribution in [-0.2, 0) is 0 Å². The highest BCUT2D eigenvalue weighted by Gasteiger charge is 2.41. The van der Waals surface area contributed by atoms with Gasteiger partial charge in [0.05, 0.1) is 11.2 Å². The third-order valence-corrected chi connectivity index (χ3v) is 6.13. The normalized spacial score (nSPS) is 13.4. The Bertz CT molecular complexity index is 1420. The molecule has 0 fully saturated rings. The summed E-state index contributed by atoms with van der Waals surface area (Å²) in [7, 11) is 0. The Morgan fingerprint density at radius 3 is 2.28 bits per heavy atom. The lowest BCUT2D eigenvalue weighted by molar-refractivity contribution is 0.826. The fourth-order valence-electron chi connectivity index (χ4n) is 5.01. The first-order valence-electron chi connectivity index (χ1n) is 9.83. The molecule has 1 aromatic heterocycles. The molecule has 0 atom stereocenters. The maximum atomic E-state index is 4.50. The zero-order chi connectivity index (χ0) is 18.9. The molecule has 0 amide bonds. The fourth-order valence-corrected chi connectivity index (χ4v) is 5.01. The van der Waals surface area contributed by atoms with Gasteiger partial charge >= 0.3 is 0 Å². The third kappa shape index (κ3) is 1.84. The van der Waals surface area contributed by atoms with Crippen LogP contribution in [0.2, 0.25) is 0 Å². The van der Waals surface area contributed by atoms with E-state index >= 15 is 0 Å². The molecule has 2 aliphatic rings. The molecule has 0 spiro atoms. The topological polar surface area (TPSA) is 34.0 Å². The minimum atomic E-state index is 0.173. The smallest absolute Gasteiger partial charge is 0.252 e. The molecule has 5 aromatic rings. The van der Waals surface area contributed by atoms with E-state index in [-0.39, 0.29) is 6.71 Å². The first-order chi connectivity index (χ1) is 14.4. The monoisotopic (exact) mass is 370 g/mol. The summed E-state index contributed by atoms with van der Waals surface area (Å²) in [4.78, 5) is 2.37. The van der Waals surface area contributed by atoms with Crippen LogP contribution in [0.4, 0.5) is 17.1 Å². The molecule has 4 nitrogen and oxygen atoms in total. The molecular weight excluding hydrogens is 355 g/mol. The number of benzene rings is 4. The van der Waals surface area contributed by atoms with E-state index in [1.807, 2.05) is 10.7 Å². The summed E-state index contributed by atoms with van der Waals surface area (Å²) < 4.78 is 2.01. The van der Waals surface area contributed by atoms with E-state index in [1.54, 1.807) is 0 Å². The van der Waals surface area contributed by atoms with Crippen LogP contribution in [0.5, 0.6) is 0 Å². The van der Waals surface area contributed by atoms with Crippen molar-refractivity contribution < 1.29 is 0 Å². The van der Waals surface area contributed by atoms with Crippen molar-refractivity contribution in [3.05, 3.63) is 91.0 Å². The number of hydrogen-bond acceptors (Lipinski definition) is 3. The predicted octanol–water partition coefficient (Wildman–Crippen LogP) is 3.03. The lowest BCUT2D eigenvalue weighted by atomic mass is 9.34. The van der Waals surface area contributed by atoms with Crippen LogP contribution in [-0.4, -0.2) is 21.7 Å². The molecule has 29 heavy (non-hydrogen) atoms. The quantitative estimate of drug-likeness (QED) is 0.417. The Kier molecular flexibility index (Phi) is 2.79. The number of nitrogens with zero attached hydrogens (tertiary/aromatic N) is 4. The van der Waals surface area contributed by atoms with Gasteiger partial charge in [0.15, 0.2) is 0 Å². The van der Waals surface area contributed by atoms with Gasteiger partial charge in [0, 0.05) is 17.1 Å². The van der Waals surface area contributed by atoms with E-state index in [1.165, 1.54) is 27.8 Å². The summed E-state index contributed by atoms with van der Waals surface area (Å²) in [5.41, 5.74) is 10.6. The molecular formula is C24H15BN4. The summed E-state index contributed by atoms with van der Waals surface area (Å²) in [5, 5.41) is 8.94. The lowest BCUT2D eigenvalue weighted by Gasteiger charge is -2.39. The van der Waals surface area contributed by atoms with Gasteiger partial charge in [0.2, 0.25) is 0 Å². The minimum absolute atomic E-state index is 0.173. The zero-order valence-corrected chi connectivity index (χ0v) is 15.5. The van der Waals surface area contributed by atoms with Gasteiger partial charge in [0.25, 0.3) is 6.71 Å². The summed E-state index contributed by atoms with van der Waals surface area (Å²) in [6.45, 7) is 0.173. The molecule has 5 heteroatoms. The Hall–Kier alpha value is -3.86. The largest absolute Gasteiger partial charge is 0.311 e. The summed E-state index contributed by atoms with van der Waals surface area (Å²) >= 11 is 0. The van der Waals surface area contributed by atoms with E-state index in [2.05, 4.69) is 100 Å². The molecule has 134 valence electrons. The highest BCUT2D eigenvalue weighted by molar-refractivity contribution is 7.00. The molecule has 0 radical (unpaired) electrons. The van der Waals surface area contributed by atoms with Crippen molar-refractivity contribution in [2.24, 2.45) is 0 Å². The number of anilines is 3. The molecule has 0 aliphatic carbocycles. The molecule has 2 aliphatic heterocycles. The average Bonchev–Trinajstić information content (AvgIpc) is 3.22. The molecule has 0 unspecified atom stereocenters. The van der Waals surface area contributed by atoms with Gasteiger partial charge in [-0.25, -0.2) is 4.68 Å². The van der Waals surface area contributed by atoms with Crippen molar-refractivity contribution in [3.63, 3.8) is 0 Å². The lowest BCUT2D eigenvalue weighted by Crippen LogP contribution is -2.60. The SMILES string of the molecule is c1ccc(N2c3ccccc3B3c4c2cccc4-n2nnc4cccc3c42)cc1. The predicted molar refractivity (Wildman–Crippen MR) is 118 cm³/mol. The maximum Gasteiger partial charge on any atom is 0.252 e. The van der Waals surface area contributed by atoms with Crippen LogP contribution < -0.4 is 21.3 Å². The average molecular weight is 370 g/mol. The van der Waals surface area contributed by atoms with Crippen molar-refractivity contribution in [3.8, 4) is 5.69 Å². The Morgan fingerprint density at radius 1 is 0.621 bits per heavy atom. The van der Waals surface area contributed by atoms with Gasteiger partial charge in [0.1, 0.15) is 5.52 Å². The number of fused-ring (bicyclic) bond motifs is 4. The van der Waals surface area contributed by atoms with Crippen molar-refractivity contribution in [2.75, 3.05) is 4.90 Å². The number of para-hydroxylation sites is 3. The molecule has 4 aromatic carbocycles. The Labute approximate surface area is 168 Å². The molecule has 0 N–H and O–H groups in total. The summed E-state index contributed by atoms with van der Waals surface area (Å²) in [5.74, 6) is 0. The van der Waals surface area contributed by atoms with Crippen LogP contribution >= 0.6 is 0 Å². The molecule has 3 heterocycles. The molecule has 7 rings (SSSR count). The van der Waals surface area contributed by atoms with Gasteiger partial charge in [-0.05, 0) is 52.8 Å². The van der Waals surface area contributed by atoms with Crippen LogP contribution in [0.1, 0.15) is 0 Å². The summed E-state index contributed by atoms with van der Waals surface area (Å²) in [6, 6.07) is 32.2. The zero-order valence-electron chi connectivity index (χ0n) is 15.5. The highest BCUT2D eigenvalue weighted by atomic mass is 15.4. The second kappa shape index (κ2) is 5.36. The number of rotatable bonds is 1. The molecule has 0 saturated carbocycles. The molecule has 0 bridgehead atoms. The van der Waals surface area contributed by atoms with E-state index in [9.17, 15) is 0 Å². The standard InChI is InChI=1S/C24H15BN4/c1-2-8-16(9-3-1)28-20-13-5-4-10-17(20)25-18-11-6-12-19-24(18)29(27-26-19)22-15-7-14-21(28)23(22)25/h1-15H. The second-order valence-corrected chi connectivity index (χ2v) is 7.59. The Morgan fingerprint density at radius 2 is 1.34 bits per heavy atom. The molecule has 0 saturated heterocycles.